The summed E-state index contributed by atoms with van der Waals surface area (Å²) in [6.45, 7) is 4.26. The maximum Gasteiger partial charge on any atom is 0.223 e. The standard InChI is InChI=1S/C17H23FN2O2.ClH/c1-12(22-15-5-3-2-4-14(15)18)11-20-16(21)13-10-17(13)6-8-19-9-7-17;/h2-5,12-13,19H,6-11H2,1H3,(H,20,21);1H. The van der Waals surface area contributed by atoms with Gasteiger partial charge in [-0.05, 0) is 56.8 Å². The number of carbonyl (C=O) groups is 1. The van der Waals surface area contributed by atoms with E-state index in [0.29, 0.717) is 6.54 Å². The Kier molecular flexibility index (Phi) is 5.87. The molecule has 4 nitrogen and oxygen atoms in total. The van der Waals surface area contributed by atoms with Crippen LogP contribution in [0.5, 0.6) is 5.75 Å². The van der Waals surface area contributed by atoms with Crippen LogP contribution in [0.2, 0.25) is 0 Å². The van der Waals surface area contributed by atoms with Crippen molar-refractivity contribution in [3.63, 3.8) is 0 Å². The molecule has 1 aliphatic carbocycles. The molecule has 1 saturated carbocycles. The van der Waals surface area contributed by atoms with Crippen LogP contribution in [-0.4, -0.2) is 31.6 Å². The Balaban J connectivity index is 0.00000192. The van der Waals surface area contributed by atoms with Crippen molar-refractivity contribution in [2.75, 3.05) is 19.6 Å². The largest absolute Gasteiger partial charge is 0.486 e. The van der Waals surface area contributed by atoms with Crippen molar-refractivity contribution in [3.8, 4) is 5.75 Å². The van der Waals surface area contributed by atoms with Crippen LogP contribution in [0.4, 0.5) is 4.39 Å². The van der Waals surface area contributed by atoms with E-state index in [0.717, 1.165) is 32.4 Å². The molecule has 1 aliphatic heterocycles. The summed E-state index contributed by atoms with van der Waals surface area (Å²) in [5.74, 6) is 0.114. The zero-order valence-electron chi connectivity index (χ0n) is 13.3. The van der Waals surface area contributed by atoms with Gasteiger partial charge < -0.3 is 15.4 Å². The number of hydrogen-bond donors (Lipinski definition) is 2. The number of piperidine rings is 1. The Morgan fingerprint density at radius 3 is 2.83 bits per heavy atom. The van der Waals surface area contributed by atoms with Gasteiger partial charge in [-0.25, -0.2) is 4.39 Å². The van der Waals surface area contributed by atoms with Crippen molar-refractivity contribution in [2.24, 2.45) is 11.3 Å². The van der Waals surface area contributed by atoms with E-state index < -0.39 is 0 Å². The third-order valence-corrected chi connectivity index (χ3v) is 4.83. The van der Waals surface area contributed by atoms with Crippen LogP contribution in [0.25, 0.3) is 0 Å². The van der Waals surface area contributed by atoms with Crippen LogP contribution in [0, 0.1) is 17.2 Å². The molecule has 2 atom stereocenters. The molecule has 1 aromatic carbocycles. The fourth-order valence-corrected chi connectivity index (χ4v) is 3.36. The van der Waals surface area contributed by atoms with Gasteiger partial charge in [0, 0.05) is 5.92 Å². The quantitative estimate of drug-likeness (QED) is 0.864. The molecule has 1 saturated heterocycles. The van der Waals surface area contributed by atoms with E-state index in [-0.39, 0.29) is 47.3 Å². The van der Waals surface area contributed by atoms with Gasteiger partial charge in [0.25, 0.3) is 0 Å². The van der Waals surface area contributed by atoms with Gasteiger partial charge in [0.2, 0.25) is 5.91 Å². The van der Waals surface area contributed by atoms with E-state index in [9.17, 15) is 9.18 Å². The smallest absolute Gasteiger partial charge is 0.223 e. The summed E-state index contributed by atoms with van der Waals surface area (Å²) in [6.07, 6.45) is 2.92. The lowest BCUT2D eigenvalue weighted by Gasteiger charge is -2.23. The number of para-hydroxylation sites is 1. The Labute approximate surface area is 142 Å². The molecule has 2 unspecified atom stereocenters. The predicted molar refractivity (Wildman–Crippen MR) is 89.4 cm³/mol. The molecule has 0 radical (unpaired) electrons. The highest BCUT2D eigenvalue weighted by molar-refractivity contribution is 5.85. The van der Waals surface area contributed by atoms with Gasteiger partial charge in [0.15, 0.2) is 11.6 Å². The monoisotopic (exact) mass is 342 g/mol. The molecule has 6 heteroatoms. The highest BCUT2D eigenvalue weighted by Gasteiger charge is 2.57. The van der Waals surface area contributed by atoms with Crippen LogP contribution < -0.4 is 15.4 Å². The summed E-state index contributed by atoms with van der Waals surface area (Å²) in [6, 6.07) is 6.32. The van der Waals surface area contributed by atoms with Crippen molar-refractivity contribution in [3.05, 3.63) is 30.1 Å². The first-order valence-corrected chi connectivity index (χ1v) is 8.00. The van der Waals surface area contributed by atoms with E-state index in [2.05, 4.69) is 10.6 Å². The van der Waals surface area contributed by atoms with Crippen molar-refractivity contribution in [1.82, 2.24) is 10.6 Å². The second-order valence-electron chi connectivity index (χ2n) is 6.47. The van der Waals surface area contributed by atoms with Gasteiger partial charge in [0.05, 0.1) is 6.54 Å². The zero-order chi connectivity index (χ0) is 15.6. The number of halogens is 2. The highest BCUT2D eigenvalue weighted by Crippen LogP contribution is 2.58. The van der Waals surface area contributed by atoms with Crippen LogP contribution in [-0.2, 0) is 4.79 Å². The van der Waals surface area contributed by atoms with Gasteiger partial charge >= 0.3 is 0 Å². The zero-order valence-corrected chi connectivity index (χ0v) is 14.1. The average Bonchev–Trinajstić information content (AvgIpc) is 3.21. The summed E-state index contributed by atoms with van der Waals surface area (Å²) in [5.41, 5.74) is 0.241. The lowest BCUT2D eigenvalue weighted by Crippen LogP contribution is -2.37. The lowest BCUT2D eigenvalue weighted by molar-refractivity contribution is -0.123. The first kappa shape index (κ1) is 18.0. The molecule has 1 aromatic rings. The highest BCUT2D eigenvalue weighted by atomic mass is 35.5. The lowest BCUT2D eigenvalue weighted by atomic mass is 9.92. The van der Waals surface area contributed by atoms with Gasteiger partial charge in [-0.1, -0.05) is 12.1 Å². The molecule has 0 bridgehead atoms. The SMILES string of the molecule is CC(CNC(=O)C1CC12CCNCC2)Oc1ccccc1F.Cl. The van der Waals surface area contributed by atoms with E-state index in [1.165, 1.54) is 6.07 Å². The molecule has 2 aliphatic rings. The molecular formula is C17H24ClFN2O2. The molecule has 2 N–H and O–H groups in total. The third kappa shape index (κ3) is 4.15. The van der Waals surface area contributed by atoms with Gasteiger partial charge in [-0.3, -0.25) is 4.79 Å². The molecular weight excluding hydrogens is 319 g/mol. The molecule has 3 rings (SSSR count). The predicted octanol–water partition coefficient (Wildman–Crippen LogP) is 2.52. The van der Waals surface area contributed by atoms with E-state index >= 15 is 0 Å². The van der Waals surface area contributed by atoms with Gasteiger partial charge in [0.1, 0.15) is 6.10 Å². The first-order valence-electron chi connectivity index (χ1n) is 8.00. The molecule has 1 heterocycles. The molecule has 2 fully saturated rings. The summed E-state index contributed by atoms with van der Waals surface area (Å²) in [7, 11) is 0. The van der Waals surface area contributed by atoms with Crippen LogP contribution in [0.3, 0.4) is 0 Å². The Bertz CT molecular complexity index is 549. The summed E-state index contributed by atoms with van der Waals surface area (Å²) >= 11 is 0. The summed E-state index contributed by atoms with van der Waals surface area (Å²) < 4.78 is 19.0. The molecule has 0 aromatic heterocycles. The third-order valence-electron chi connectivity index (χ3n) is 4.83. The number of hydrogen-bond acceptors (Lipinski definition) is 3. The van der Waals surface area contributed by atoms with Gasteiger partial charge in [-0.15, -0.1) is 12.4 Å². The van der Waals surface area contributed by atoms with E-state index in [1.54, 1.807) is 18.2 Å². The molecule has 1 amide bonds. The normalized spacial score (nSPS) is 22.8. The molecule has 128 valence electrons. The van der Waals surface area contributed by atoms with E-state index in [1.807, 2.05) is 6.92 Å². The van der Waals surface area contributed by atoms with Crippen molar-refractivity contribution >= 4 is 18.3 Å². The number of rotatable bonds is 5. The second-order valence-corrected chi connectivity index (χ2v) is 6.47. The van der Waals surface area contributed by atoms with Crippen LogP contribution >= 0.6 is 12.4 Å². The Morgan fingerprint density at radius 1 is 1.43 bits per heavy atom. The molecule has 23 heavy (non-hydrogen) atoms. The minimum Gasteiger partial charge on any atom is -0.486 e. The first-order chi connectivity index (χ1) is 10.6. The fourth-order valence-electron chi connectivity index (χ4n) is 3.36. The van der Waals surface area contributed by atoms with Crippen molar-refractivity contribution in [1.29, 1.82) is 0 Å². The topological polar surface area (TPSA) is 50.4 Å². The minimum absolute atomic E-state index is 0. The van der Waals surface area contributed by atoms with Crippen LogP contribution in [0.15, 0.2) is 24.3 Å². The Morgan fingerprint density at radius 2 is 2.13 bits per heavy atom. The van der Waals surface area contributed by atoms with Crippen molar-refractivity contribution < 1.29 is 13.9 Å². The van der Waals surface area contributed by atoms with E-state index in [4.69, 9.17) is 4.74 Å². The number of carbonyl (C=O) groups excluding carboxylic acids is 1. The van der Waals surface area contributed by atoms with Gasteiger partial charge in [-0.2, -0.15) is 0 Å². The maximum atomic E-state index is 13.5. The summed E-state index contributed by atoms with van der Waals surface area (Å²) in [5, 5.41) is 6.28. The second kappa shape index (κ2) is 7.49. The minimum atomic E-state index is -0.378. The fraction of sp³-hybridized carbons (Fsp3) is 0.588. The summed E-state index contributed by atoms with van der Waals surface area (Å²) in [4.78, 5) is 12.2. The maximum absolute atomic E-state index is 13.5. The molecule has 1 spiro atoms. The van der Waals surface area contributed by atoms with Crippen molar-refractivity contribution in [2.45, 2.75) is 32.3 Å². The number of amides is 1. The van der Waals surface area contributed by atoms with Crippen LogP contribution in [0.1, 0.15) is 26.2 Å². The Hall–Kier alpha value is -1.33. The number of ether oxygens (including phenoxy) is 1. The average molecular weight is 343 g/mol. The number of nitrogens with one attached hydrogen (secondary N) is 2. The number of benzene rings is 1.